The number of nitrogens with one attached hydrogen (secondary N) is 1. The van der Waals surface area contributed by atoms with E-state index in [-0.39, 0.29) is 0 Å². The predicted octanol–water partition coefficient (Wildman–Crippen LogP) is 6.03. The Morgan fingerprint density at radius 1 is 1.29 bits per heavy atom. The summed E-state index contributed by atoms with van der Waals surface area (Å²) in [5.74, 6) is 0. The van der Waals surface area contributed by atoms with Crippen molar-refractivity contribution in [2.45, 2.75) is 31.7 Å². The van der Waals surface area contributed by atoms with Gasteiger partial charge in [0.2, 0.25) is 0 Å². The Morgan fingerprint density at radius 3 is 2.95 bits per heavy atom. The quantitative estimate of drug-likeness (QED) is 0.656. The predicted molar refractivity (Wildman–Crippen MR) is 95.9 cm³/mol. The maximum atomic E-state index is 6.22. The van der Waals surface area contributed by atoms with Crippen molar-refractivity contribution >= 4 is 50.5 Å². The lowest BCUT2D eigenvalue weighted by atomic mass is 9.94. The highest BCUT2D eigenvalue weighted by Gasteiger charge is 2.22. The Labute approximate surface area is 147 Å². The van der Waals surface area contributed by atoms with Gasteiger partial charge in [-0.25, -0.2) is 0 Å². The first-order valence-electron chi connectivity index (χ1n) is 7.09. The van der Waals surface area contributed by atoms with E-state index in [2.05, 4.69) is 27.3 Å². The minimum atomic E-state index is 0.474. The highest BCUT2D eigenvalue weighted by molar-refractivity contribution is 9.11. The average molecular weight is 405 g/mol. The Kier molecular flexibility index (Phi) is 5.28. The van der Waals surface area contributed by atoms with Crippen LogP contribution in [0.25, 0.3) is 0 Å². The molecule has 0 saturated carbocycles. The number of thiophene rings is 1. The fourth-order valence-electron chi connectivity index (χ4n) is 2.84. The van der Waals surface area contributed by atoms with Gasteiger partial charge in [0, 0.05) is 21.0 Å². The molecular formula is C16H16BrCl2NS. The monoisotopic (exact) mass is 403 g/mol. The largest absolute Gasteiger partial charge is 0.310 e. The molecule has 21 heavy (non-hydrogen) atoms. The topological polar surface area (TPSA) is 12.0 Å². The van der Waals surface area contributed by atoms with Gasteiger partial charge in [0.15, 0.2) is 0 Å². The van der Waals surface area contributed by atoms with Gasteiger partial charge in [-0.1, -0.05) is 29.3 Å². The lowest BCUT2D eigenvalue weighted by molar-refractivity contribution is 0.467. The van der Waals surface area contributed by atoms with Crippen LogP contribution in [0, 0.1) is 0 Å². The van der Waals surface area contributed by atoms with Crippen molar-refractivity contribution in [1.82, 2.24) is 5.32 Å². The lowest BCUT2D eigenvalue weighted by Gasteiger charge is -2.23. The van der Waals surface area contributed by atoms with Crippen LogP contribution in [-0.4, -0.2) is 6.54 Å². The summed E-state index contributed by atoms with van der Waals surface area (Å²) in [5.41, 5.74) is 2.62. The van der Waals surface area contributed by atoms with Crippen molar-refractivity contribution < 1.29 is 0 Å². The number of hydrogen-bond donors (Lipinski definition) is 1. The molecule has 0 bridgehead atoms. The summed E-state index contributed by atoms with van der Waals surface area (Å²) in [5, 5.41) is 5.12. The summed E-state index contributed by atoms with van der Waals surface area (Å²) in [6.07, 6.45) is 4.61. The molecule has 1 atom stereocenters. The smallest absolute Gasteiger partial charge is 0.0704 e. The first-order chi connectivity index (χ1) is 10.1. The van der Waals surface area contributed by atoms with E-state index in [1.165, 1.54) is 33.5 Å². The molecule has 0 fully saturated rings. The molecule has 0 spiro atoms. The van der Waals surface area contributed by atoms with Crippen LogP contribution in [0.2, 0.25) is 10.0 Å². The highest BCUT2D eigenvalue weighted by Crippen LogP contribution is 2.37. The van der Waals surface area contributed by atoms with Crippen molar-refractivity contribution in [2.24, 2.45) is 0 Å². The maximum Gasteiger partial charge on any atom is 0.0704 e. The summed E-state index contributed by atoms with van der Waals surface area (Å²) in [7, 11) is 0. The highest BCUT2D eigenvalue weighted by atomic mass is 79.9. The standard InChI is InChI=1S/C16H16BrCl2NS/c17-16-9-12-14(2-1-3-15(12)21-16)20-7-6-10-4-5-11(18)8-13(10)19/h4-5,8-9,14,20H,1-3,6-7H2. The number of rotatable bonds is 4. The zero-order chi connectivity index (χ0) is 14.8. The Balaban J connectivity index is 1.61. The van der Waals surface area contributed by atoms with Crippen LogP contribution in [0.3, 0.4) is 0 Å². The van der Waals surface area contributed by atoms with E-state index in [1.807, 2.05) is 29.5 Å². The third-order valence-electron chi connectivity index (χ3n) is 3.88. The molecule has 1 heterocycles. The third kappa shape index (κ3) is 3.83. The van der Waals surface area contributed by atoms with Crippen LogP contribution in [0.4, 0.5) is 0 Å². The van der Waals surface area contributed by atoms with Crippen LogP contribution in [0.5, 0.6) is 0 Å². The number of benzene rings is 1. The molecule has 3 rings (SSSR count). The molecule has 0 amide bonds. The summed E-state index contributed by atoms with van der Waals surface area (Å²) in [6.45, 7) is 0.929. The first-order valence-corrected chi connectivity index (χ1v) is 9.45. The van der Waals surface area contributed by atoms with Gasteiger partial charge in [-0.15, -0.1) is 11.3 Å². The van der Waals surface area contributed by atoms with Crippen molar-refractivity contribution in [3.63, 3.8) is 0 Å². The van der Waals surface area contributed by atoms with E-state index in [4.69, 9.17) is 23.2 Å². The zero-order valence-electron chi connectivity index (χ0n) is 11.5. The van der Waals surface area contributed by atoms with Crippen molar-refractivity contribution in [3.05, 3.63) is 54.1 Å². The molecule has 1 aliphatic rings. The van der Waals surface area contributed by atoms with Gasteiger partial charge in [-0.05, 0) is 77.5 Å². The summed E-state index contributed by atoms with van der Waals surface area (Å²) >= 11 is 17.6. The molecule has 2 aromatic rings. The lowest BCUT2D eigenvalue weighted by Crippen LogP contribution is -2.26. The molecule has 1 aromatic heterocycles. The van der Waals surface area contributed by atoms with Crippen molar-refractivity contribution in [2.75, 3.05) is 6.54 Å². The first kappa shape index (κ1) is 15.8. The molecule has 1 aliphatic carbocycles. The van der Waals surface area contributed by atoms with E-state index in [9.17, 15) is 0 Å². The Bertz CT molecular complexity index is 641. The van der Waals surface area contributed by atoms with Gasteiger partial charge < -0.3 is 5.32 Å². The van der Waals surface area contributed by atoms with E-state index < -0.39 is 0 Å². The summed E-state index contributed by atoms with van der Waals surface area (Å²) < 4.78 is 1.24. The SMILES string of the molecule is Clc1ccc(CCNC2CCCc3sc(Br)cc32)c(Cl)c1. The van der Waals surface area contributed by atoms with Gasteiger partial charge in [-0.3, -0.25) is 0 Å². The van der Waals surface area contributed by atoms with E-state index in [0.29, 0.717) is 11.1 Å². The molecule has 1 N–H and O–H groups in total. The molecule has 0 radical (unpaired) electrons. The fourth-order valence-corrected chi connectivity index (χ4v) is 5.16. The van der Waals surface area contributed by atoms with Crippen LogP contribution >= 0.6 is 50.5 Å². The molecular weight excluding hydrogens is 389 g/mol. The summed E-state index contributed by atoms with van der Waals surface area (Å²) in [6, 6.07) is 8.47. The number of aryl methyl sites for hydroxylation is 1. The summed E-state index contributed by atoms with van der Waals surface area (Å²) in [4.78, 5) is 1.52. The van der Waals surface area contributed by atoms with Gasteiger partial charge in [-0.2, -0.15) is 0 Å². The second kappa shape index (κ2) is 7.01. The molecule has 1 nitrogen and oxygen atoms in total. The van der Waals surface area contributed by atoms with E-state index in [0.717, 1.165) is 23.6 Å². The van der Waals surface area contributed by atoms with Crippen LogP contribution in [-0.2, 0) is 12.8 Å². The van der Waals surface area contributed by atoms with Gasteiger partial charge in [0.1, 0.15) is 0 Å². The normalized spacial score (nSPS) is 17.8. The van der Waals surface area contributed by atoms with Gasteiger partial charge >= 0.3 is 0 Å². The van der Waals surface area contributed by atoms with E-state index in [1.54, 1.807) is 0 Å². The van der Waals surface area contributed by atoms with Crippen LogP contribution in [0.1, 0.15) is 34.9 Å². The van der Waals surface area contributed by atoms with Gasteiger partial charge in [0.25, 0.3) is 0 Å². The Hall–Kier alpha value is -0.0600. The molecule has 1 aromatic carbocycles. The van der Waals surface area contributed by atoms with Crippen LogP contribution in [0.15, 0.2) is 28.1 Å². The molecule has 5 heteroatoms. The minimum Gasteiger partial charge on any atom is -0.310 e. The van der Waals surface area contributed by atoms with Crippen molar-refractivity contribution in [1.29, 1.82) is 0 Å². The molecule has 1 unspecified atom stereocenters. The second-order valence-corrected chi connectivity index (χ2v) is 8.67. The third-order valence-corrected chi connectivity index (χ3v) is 6.18. The van der Waals surface area contributed by atoms with Crippen molar-refractivity contribution in [3.8, 4) is 0 Å². The Morgan fingerprint density at radius 2 is 2.14 bits per heavy atom. The maximum absolute atomic E-state index is 6.22. The minimum absolute atomic E-state index is 0.474. The average Bonchev–Trinajstić information content (AvgIpc) is 2.82. The van der Waals surface area contributed by atoms with Crippen LogP contribution < -0.4 is 5.32 Å². The second-order valence-electron chi connectivity index (χ2n) is 5.31. The fraction of sp³-hybridized carbons (Fsp3) is 0.375. The molecule has 0 aliphatic heterocycles. The molecule has 0 saturated heterocycles. The molecule has 112 valence electrons. The number of hydrogen-bond acceptors (Lipinski definition) is 2. The van der Waals surface area contributed by atoms with Gasteiger partial charge in [0.05, 0.1) is 3.79 Å². The zero-order valence-corrected chi connectivity index (χ0v) is 15.4. The number of fused-ring (bicyclic) bond motifs is 1. The number of halogens is 3. The van der Waals surface area contributed by atoms with E-state index >= 15 is 0 Å².